The molecule has 1 amide bonds. The highest BCUT2D eigenvalue weighted by Crippen LogP contribution is 2.18. The Bertz CT molecular complexity index is 953. The number of nitrogens with two attached hydrogens (primary N) is 1. The Labute approximate surface area is 170 Å². The minimum Gasteiger partial charge on any atom is -0.482 e. The number of primary sulfonamides is 1. The molecule has 0 aliphatic rings. The molecule has 0 heterocycles. The van der Waals surface area contributed by atoms with Crippen LogP contribution in [0.5, 0.6) is 5.75 Å². The first-order valence-corrected chi connectivity index (χ1v) is 10.5. The summed E-state index contributed by atoms with van der Waals surface area (Å²) in [4.78, 5) is 24.0. The molecular weight excluding hydrogens is 396 g/mol. The minimum absolute atomic E-state index is 0.0754. The number of esters is 1. The normalized spacial score (nSPS) is 12.3. The molecule has 0 unspecified atom stereocenters. The number of anilines is 1. The summed E-state index contributed by atoms with van der Waals surface area (Å²) in [5.41, 5.74) is 1.49. The first-order valence-electron chi connectivity index (χ1n) is 8.92. The fraction of sp³-hybridized carbons (Fsp3) is 0.300. The summed E-state index contributed by atoms with van der Waals surface area (Å²) in [6.07, 6.45) is -1.06. The number of benzene rings is 2. The lowest BCUT2D eigenvalue weighted by Crippen LogP contribution is -2.31. The van der Waals surface area contributed by atoms with Crippen LogP contribution in [0.15, 0.2) is 53.4 Å². The van der Waals surface area contributed by atoms with Crippen LogP contribution in [0.4, 0.5) is 5.69 Å². The average molecular weight is 420 g/mol. The van der Waals surface area contributed by atoms with Crippen molar-refractivity contribution in [1.82, 2.24) is 0 Å². The second kappa shape index (κ2) is 9.53. The van der Waals surface area contributed by atoms with Crippen LogP contribution >= 0.6 is 0 Å². The van der Waals surface area contributed by atoms with Crippen molar-refractivity contribution in [2.45, 2.75) is 37.7 Å². The molecule has 0 saturated carbocycles. The first kappa shape index (κ1) is 22.4. The fourth-order valence-electron chi connectivity index (χ4n) is 2.35. The van der Waals surface area contributed by atoms with Crippen LogP contribution in [-0.4, -0.2) is 33.0 Å². The quantitative estimate of drug-likeness (QED) is 0.632. The molecule has 8 nitrogen and oxygen atoms in total. The van der Waals surface area contributed by atoms with E-state index in [0.29, 0.717) is 17.4 Å². The molecule has 0 radical (unpaired) electrons. The summed E-state index contributed by atoms with van der Waals surface area (Å²) in [6, 6.07) is 12.7. The predicted octanol–water partition coefficient (Wildman–Crippen LogP) is 2.41. The van der Waals surface area contributed by atoms with Gasteiger partial charge in [-0.25, -0.2) is 18.4 Å². The monoisotopic (exact) mass is 420 g/mol. The molecular formula is C20H24N2O6S. The van der Waals surface area contributed by atoms with Crippen molar-refractivity contribution in [3.8, 4) is 5.75 Å². The van der Waals surface area contributed by atoms with E-state index in [9.17, 15) is 18.0 Å². The highest BCUT2D eigenvalue weighted by Gasteiger charge is 2.18. The van der Waals surface area contributed by atoms with Crippen molar-refractivity contribution in [2.75, 3.05) is 11.9 Å². The maximum absolute atomic E-state index is 12.1. The van der Waals surface area contributed by atoms with Crippen molar-refractivity contribution >= 4 is 27.6 Å². The van der Waals surface area contributed by atoms with Gasteiger partial charge < -0.3 is 14.8 Å². The van der Waals surface area contributed by atoms with Crippen molar-refractivity contribution in [3.63, 3.8) is 0 Å². The van der Waals surface area contributed by atoms with Gasteiger partial charge in [-0.3, -0.25) is 4.79 Å². The lowest BCUT2D eigenvalue weighted by atomic mass is 10.0. The Hall–Kier alpha value is -2.91. The number of nitrogens with one attached hydrogen (secondary N) is 1. The van der Waals surface area contributed by atoms with E-state index in [0.717, 1.165) is 5.56 Å². The standard InChI is InChI=1S/C20H24N2O6S/c1-13(2)15-4-8-17(9-5-15)27-12-19(23)28-14(3)20(24)22-16-6-10-18(11-7-16)29(21,25)26/h4-11,13-14H,12H2,1-3H3,(H,22,24)(H2,21,25,26)/t14-/m0/s1. The molecule has 0 bridgehead atoms. The molecule has 9 heteroatoms. The molecule has 0 aliphatic heterocycles. The molecule has 1 atom stereocenters. The van der Waals surface area contributed by atoms with E-state index in [-0.39, 0.29) is 11.5 Å². The van der Waals surface area contributed by atoms with Crippen LogP contribution < -0.4 is 15.2 Å². The van der Waals surface area contributed by atoms with Crippen molar-refractivity contribution in [1.29, 1.82) is 0 Å². The Kier molecular flexibility index (Phi) is 7.35. The Balaban J connectivity index is 1.83. The molecule has 0 aromatic heterocycles. The van der Waals surface area contributed by atoms with Gasteiger partial charge in [-0.2, -0.15) is 0 Å². The minimum atomic E-state index is -3.81. The zero-order chi connectivity index (χ0) is 21.6. The van der Waals surface area contributed by atoms with Gasteiger partial charge >= 0.3 is 5.97 Å². The zero-order valence-electron chi connectivity index (χ0n) is 16.4. The van der Waals surface area contributed by atoms with Crippen LogP contribution in [-0.2, 0) is 24.3 Å². The Morgan fingerprint density at radius 3 is 2.10 bits per heavy atom. The lowest BCUT2D eigenvalue weighted by Gasteiger charge is -2.14. The summed E-state index contributed by atoms with van der Waals surface area (Å²) in [6.45, 7) is 5.24. The summed E-state index contributed by atoms with van der Waals surface area (Å²) in [5.74, 6) is -0.337. The molecule has 0 saturated heterocycles. The summed E-state index contributed by atoms with van der Waals surface area (Å²) in [5, 5.41) is 7.54. The van der Waals surface area contributed by atoms with Crippen LogP contribution in [0.3, 0.4) is 0 Å². The van der Waals surface area contributed by atoms with Gasteiger partial charge in [0.15, 0.2) is 12.7 Å². The first-order chi connectivity index (χ1) is 13.6. The lowest BCUT2D eigenvalue weighted by molar-refractivity contribution is -0.155. The number of sulfonamides is 1. The van der Waals surface area contributed by atoms with Gasteiger partial charge in [0.05, 0.1) is 4.90 Å². The highest BCUT2D eigenvalue weighted by molar-refractivity contribution is 7.89. The molecule has 2 rings (SSSR count). The van der Waals surface area contributed by atoms with Gasteiger partial charge in [-0.1, -0.05) is 26.0 Å². The van der Waals surface area contributed by atoms with Gasteiger partial charge in [0.25, 0.3) is 5.91 Å². The largest absolute Gasteiger partial charge is 0.482 e. The predicted molar refractivity (Wildman–Crippen MR) is 108 cm³/mol. The van der Waals surface area contributed by atoms with Crippen molar-refractivity contribution in [3.05, 3.63) is 54.1 Å². The van der Waals surface area contributed by atoms with E-state index in [1.54, 1.807) is 12.1 Å². The average Bonchev–Trinajstić information content (AvgIpc) is 2.66. The smallest absolute Gasteiger partial charge is 0.344 e. The number of carbonyl (C=O) groups is 2. The Morgan fingerprint density at radius 2 is 1.59 bits per heavy atom. The number of hydrogen-bond donors (Lipinski definition) is 2. The van der Waals surface area contributed by atoms with Crippen molar-refractivity contribution < 1.29 is 27.5 Å². The molecule has 3 N–H and O–H groups in total. The summed E-state index contributed by atoms with van der Waals surface area (Å²) in [7, 11) is -3.81. The number of amides is 1. The molecule has 0 aliphatic carbocycles. The van der Waals surface area contributed by atoms with E-state index in [2.05, 4.69) is 19.2 Å². The molecule has 29 heavy (non-hydrogen) atoms. The highest BCUT2D eigenvalue weighted by atomic mass is 32.2. The number of carbonyl (C=O) groups excluding carboxylic acids is 2. The van der Waals surface area contributed by atoms with Crippen molar-refractivity contribution in [2.24, 2.45) is 5.14 Å². The van der Waals surface area contributed by atoms with Gasteiger partial charge in [0, 0.05) is 5.69 Å². The van der Waals surface area contributed by atoms with E-state index >= 15 is 0 Å². The number of rotatable bonds is 8. The van der Waals surface area contributed by atoms with E-state index in [1.807, 2.05) is 12.1 Å². The van der Waals surface area contributed by atoms with E-state index in [1.165, 1.54) is 31.2 Å². The van der Waals surface area contributed by atoms with Crippen LogP contribution in [0.1, 0.15) is 32.3 Å². The second-order valence-electron chi connectivity index (χ2n) is 6.70. The molecule has 0 fully saturated rings. The number of hydrogen-bond acceptors (Lipinski definition) is 6. The summed E-state index contributed by atoms with van der Waals surface area (Å²) >= 11 is 0. The van der Waals surface area contributed by atoms with Gasteiger partial charge in [-0.05, 0) is 54.8 Å². The van der Waals surface area contributed by atoms with E-state index in [4.69, 9.17) is 14.6 Å². The zero-order valence-corrected chi connectivity index (χ0v) is 17.2. The fourth-order valence-corrected chi connectivity index (χ4v) is 2.86. The third-order valence-electron chi connectivity index (χ3n) is 4.03. The third kappa shape index (κ3) is 6.88. The maximum Gasteiger partial charge on any atom is 0.344 e. The van der Waals surface area contributed by atoms with Gasteiger partial charge in [0.2, 0.25) is 10.0 Å². The van der Waals surface area contributed by atoms with Crippen LogP contribution in [0.25, 0.3) is 0 Å². The van der Waals surface area contributed by atoms with Crippen LogP contribution in [0.2, 0.25) is 0 Å². The number of ether oxygens (including phenoxy) is 2. The molecule has 2 aromatic carbocycles. The van der Waals surface area contributed by atoms with Crippen LogP contribution in [0, 0.1) is 0 Å². The molecule has 156 valence electrons. The summed E-state index contributed by atoms with van der Waals surface area (Å²) < 4.78 is 32.9. The van der Waals surface area contributed by atoms with Gasteiger partial charge in [0.1, 0.15) is 5.75 Å². The Morgan fingerprint density at radius 1 is 1.00 bits per heavy atom. The van der Waals surface area contributed by atoms with E-state index < -0.39 is 28.0 Å². The third-order valence-corrected chi connectivity index (χ3v) is 4.96. The molecule has 0 spiro atoms. The molecule has 2 aromatic rings. The second-order valence-corrected chi connectivity index (χ2v) is 8.26. The maximum atomic E-state index is 12.1. The topological polar surface area (TPSA) is 125 Å². The SMILES string of the molecule is CC(C)c1ccc(OCC(=O)O[C@@H](C)C(=O)Nc2ccc(S(N)(=O)=O)cc2)cc1. The van der Waals surface area contributed by atoms with Gasteiger partial charge in [-0.15, -0.1) is 0 Å².